The average molecular weight is 542 g/mol. The van der Waals surface area contributed by atoms with Crippen molar-refractivity contribution < 1.29 is 23.9 Å². The zero-order valence-electron chi connectivity index (χ0n) is 22.6. The van der Waals surface area contributed by atoms with Gasteiger partial charge < -0.3 is 9.47 Å². The molecule has 1 saturated carbocycles. The summed E-state index contributed by atoms with van der Waals surface area (Å²) in [4.78, 5) is 43.1. The summed E-state index contributed by atoms with van der Waals surface area (Å²) in [6.45, 7) is 0. The van der Waals surface area contributed by atoms with Gasteiger partial charge in [-0.15, -0.1) is 0 Å². The highest BCUT2D eigenvalue weighted by Crippen LogP contribution is 2.73. The number of nitrogens with one attached hydrogen (secondary N) is 1. The maximum Gasteiger partial charge on any atom is 0.232 e. The summed E-state index contributed by atoms with van der Waals surface area (Å²) in [5, 5.41) is 2.61. The number of ketones is 1. The Morgan fingerprint density at radius 2 is 0.902 bits per heavy atom. The van der Waals surface area contributed by atoms with Gasteiger partial charge in [-0.3, -0.25) is 19.7 Å². The van der Waals surface area contributed by atoms with Crippen LogP contribution in [0.2, 0.25) is 0 Å². The average Bonchev–Trinajstić information content (AvgIpc) is 3.56. The first-order valence-electron chi connectivity index (χ1n) is 13.5. The van der Waals surface area contributed by atoms with Crippen molar-refractivity contribution in [3.05, 3.63) is 131 Å². The first-order valence-corrected chi connectivity index (χ1v) is 13.5. The molecule has 0 radical (unpaired) electrons. The van der Waals surface area contributed by atoms with Crippen molar-refractivity contribution >= 4 is 28.7 Å². The quantitative estimate of drug-likeness (QED) is 0.349. The van der Waals surface area contributed by atoms with Crippen molar-refractivity contribution in [3.8, 4) is 11.5 Å². The number of carbonyl (C=O) groups excluding carboxylic acids is 3. The van der Waals surface area contributed by atoms with Gasteiger partial charge in [0, 0.05) is 0 Å². The molecule has 3 aliphatic rings. The van der Waals surface area contributed by atoms with Gasteiger partial charge in [-0.1, -0.05) is 84.9 Å². The third-order valence-corrected chi connectivity index (χ3v) is 9.05. The lowest BCUT2D eigenvalue weighted by atomic mass is 9.59. The standard InChI is InChI=1S/C35H27NO5/c1-40-25-17-13-21(14-18-25)27-28(22-15-19-26(41-2)20-16-22)35(24-11-7-4-8-12-24)30-29(31(37)36-32(30)38)34(27,33(35)39)23-9-5-3-6-10-23/h3-20,29-30H,1-2H3,(H,36,37,38)/t29-,30+,34+,35-. The molecule has 2 aliphatic carbocycles. The fourth-order valence-corrected chi connectivity index (χ4v) is 7.57. The molecule has 4 aromatic rings. The van der Waals surface area contributed by atoms with Crippen LogP contribution >= 0.6 is 0 Å². The summed E-state index contributed by atoms with van der Waals surface area (Å²) >= 11 is 0. The molecule has 202 valence electrons. The van der Waals surface area contributed by atoms with Crippen LogP contribution in [0.5, 0.6) is 11.5 Å². The van der Waals surface area contributed by atoms with Crippen LogP contribution in [0.15, 0.2) is 109 Å². The van der Waals surface area contributed by atoms with Gasteiger partial charge in [0.25, 0.3) is 0 Å². The molecule has 1 aliphatic heterocycles. The van der Waals surface area contributed by atoms with E-state index in [1.54, 1.807) is 14.2 Å². The Bertz CT molecular complexity index is 1600. The van der Waals surface area contributed by atoms with Gasteiger partial charge in [0.2, 0.25) is 11.8 Å². The number of fused-ring (bicyclic) bond motifs is 5. The number of carbonyl (C=O) groups is 3. The Balaban J connectivity index is 1.69. The number of hydrogen-bond acceptors (Lipinski definition) is 5. The van der Waals surface area contributed by atoms with E-state index in [2.05, 4.69) is 5.32 Å². The zero-order valence-corrected chi connectivity index (χ0v) is 22.6. The van der Waals surface area contributed by atoms with Crippen LogP contribution in [0.1, 0.15) is 22.3 Å². The summed E-state index contributed by atoms with van der Waals surface area (Å²) < 4.78 is 10.9. The van der Waals surface area contributed by atoms with E-state index in [4.69, 9.17) is 9.47 Å². The monoisotopic (exact) mass is 541 g/mol. The highest BCUT2D eigenvalue weighted by atomic mass is 16.5. The molecule has 41 heavy (non-hydrogen) atoms. The van der Waals surface area contributed by atoms with Crippen molar-refractivity contribution in [3.63, 3.8) is 0 Å². The van der Waals surface area contributed by atoms with E-state index in [-0.39, 0.29) is 5.78 Å². The maximum atomic E-state index is 15.5. The van der Waals surface area contributed by atoms with Gasteiger partial charge in [-0.05, 0) is 57.7 Å². The highest BCUT2D eigenvalue weighted by molar-refractivity contribution is 6.35. The number of imide groups is 1. The first kappa shape index (κ1) is 25.0. The number of Topliss-reactive ketones (excluding diaryl/α,β-unsaturated/α-hetero) is 1. The van der Waals surface area contributed by atoms with E-state index in [0.29, 0.717) is 22.6 Å². The summed E-state index contributed by atoms with van der Waals surface area (Å²) in [5.41, 5.74) is 1.63. The van der Waals surface area contributed by atoms with Gasteiger partial charge >= 0.3 is 0 Å². The van der Waals surface area contributed by atoms with Crippen molar-refractivity contribution in [2.75, 3.05) is 14.2 Å². The lowest BCUT2D eigenvalue weighted by Crippen LogP contribution is -2.44. The second-order valence-corrected chi connectivity index (χ2v) is 10.7. The Morgan fingerprint density at radius 1 is 0.537 bits per heavy atom. The fraction of sp³-hybridized carbons (Fsp3) is 0.171. The van der Waals surface area contributed by atoms with Gasteiger partial charge in [0.05, 0.1) is 36.9 Å². The Morgan fingerprint density at radius 3 is 1.24 bits per heavy atom. The molecule has 2 fully saturated rings. The molecule has 1 heterocycles. The smallest absolute Gasteiger partial charge is 0.232 e. The lowest BCUT2D eigenvalue weighted by Gasteiger charge is -2.39. The van der Waals surface area contributed by atoms with Crippen LogP contribution in [-0.4, -0.2) is 31.8 Å². The van der Waals surface area contributed by atoms with Gasteiger partial charge in [-0.25, -0.2) is 0 Å². The maximum absolute atomic E-state index is 15.5. The third-order valence-electron chi connectivity index (χ3n) is 9.05. The summed E-state index contributed by atoms with van der Waals surface area (Å²) in [5.74, 6) is -1.48. The minimum absolute atomic E-state index is 0.155. The van der Waals surface area contributed by atoms with E-state index >= 15 is 4.79 Å². The Kier molecular flexibility index (Phi) is 5.51. The highest BCUT2D eigenvalue weighted by Gasteiger charge is 2.81. The van der Waals surface area contributed by atoms with Crippen molar-refractivity contribution in [2.45, 2.75) is 10.8 Å². The molecule has 7 rings (SSSR count). The zero-order chi connectivity index (χ0) is 28.4. The van der Waals surface area contributed by atoms with Crippen LogP contribution in [-0.2, 0) is 25.2 Å². The Hall–Kier alpha value is -4.97. The molecule has 0 unspecified atom stereocenters. The lowest BCUT2D eigenvalue weighted by molar-refractivity contribution is -0.132. The molecule has 4 atom stereocenters. The van der Waals surface area contributed by atoms with Gasteiger partial charge in [0.1, 0.15) is 11.5 Å². The van der Waals surface area contributed by atoms with Crippen molar-refractivity contribution in [1.29, 1.82) is 0 Å². The molecule has 1 saturated heterocycles. The summed E-state index contributed by atoms with van der Waals surface area (Å²) in [7, 11) is 3.21. The first-order chi connectivity index (χ1) is 20.0. The molecule has 2 bridgehead atoms. The van der Waals surface area contributed by atoms with Crippen LogP contribution < -0.4 is 14.8 Å². The molecule has 1 N–H and O–H groups in total. The molecular weight excluding hydrogens is 514 g/mol. The predicted molar refractivity (Wildman–Crippen MR) is 154 cm³/mol. The summed E-state index contributed by atoms with van der Waals surface area (Å²) in [6, 6.07) is 34.0. The molecule has 6 nitrogen and oxygen atoms in total. The molecular formula is C35H27NO5. The number of benzene rings is 4. The van der Waals surface area contributed by atoms with Crippen LogP contribution in [0.25, 0.3) is 11.1 Å². The molecule has 2 amide bonds. The number of hydrogen-bond donors (Lipinski definition) is 1. The molecule has 0 aromatic heterocycles. The van der Waals surface area contributed by atoms with Crippen LogP contribution in [0.4, 0.5) is 0 Å². The number of methoxy groups -OCH3 is 2. The Labute approximate surface area is 237 Å². The normalized spacial score (nSPS) is 26.2. The van der Waals surface area contributed by atoms with E-state index in [0.717, 1.165) is 22.3 Å². The van der Waals surface area contributed by atoms with E-state index in [1.165, 1.54) is 0 Å². The number of amides is 2. The predicted octanol–water partition coefficient (Wildman–Crippen LogP) is 4.98. The molecule has 6 heteroatoms. The SMILES string of the molecule is COc1ccc(C2=C(c3ccc(OC)cc3)[C@]3(c4ccccc4)C(=O)[C@@]2(c2ccccc2)[C@@H]2C(=O)NC(=O)[C@@H]23)cc1. The number of rotatable bonds is 6. The fourth-order valence-electron chi connectivity index (χ4n) is 7.57. The minimum Gasteiger partial charge on any atom is -0.497 e. The minimum atomic E-state index is -1.40. The third kappa shape index (κ3) is 3.10. The number of allylic oxidation sites excluding steroid dienone is 2. The second kappa shape index (κ2) is 9.03. The number of ether oxygens (including phenoxy) is 2. The van der Waals surface area contributed by atoms with Crippen molar-refractivity contribution in [2.24, 2.45) is 11.8 Å². The van der Waals surface area contributed by atoms with Crippen LogP contribution in [0.3, 0.4) is 0 Å². The van der Waals surface area contributed by atoms with Crippen LogP contribution in [0, 0.1) is 11.8 Å². The second-order valence-electron chi connectivity index (χ2n) is 10.7. The molecule has 4 aromatic carbocycles. The van der Waals surface area contributed by atoms with Crippen molar-refractivity contribution in [1.82, 2.24) is 5.32 Å². The summed E-state index contributed by atoms with van der Waals surface area (Å²) in [6.07, 6.45) is 0. The largest absolute Gasteiger partial charge is 0.497 e. The topological polar surface area (TPSA) is 81.7 Å². The van der Waals surface area contributed by atoms with E-state index in [1.807, 2.05) is 109 Å². The molecule has 0 spiro atoms. The van der Waals surface area contributed by atoms with E-state index in [9.17, 15) is 9.59 Å². The van der Waals surface area contributed by atoms with Gasteiger partial charge in [0.15, 0.2) is 5.78 Å². The van der Waals surface area contributed by atoms with Gasteiger partial charge in [-0.2, -0.15) is 0 Å². The van der Waals surface area contributed by atoms with E-state index < -0.39 is 34.5 Å².